The molecule has 0 radical (unpaired) electrons. The smallest absolute Gasteiger partial charge is 0.266 e. The van der Waals surface area contributed by atoms with Crippen molar-refractivity contribution < 1.29 is 4.79 Å². The van der Waals surface area contributed by atoms with Gasteiger partial charge >= 0.3 is 0 Å². The van der Waals surface area contributed by atoms with Crippen LogP contribution in [0.15, 0.2) is 28.1 Å². The Labute approximate surface area is 158 Å². The summed E-state index contributed by atoms with van der Waals surface area (Å²) in [5.41, 5.74) is 0.682. The van der Waals surface area contributed by atoms with Crippen LogP contribution in [0, 0.1) is 0 Å². The van der Waals surface area contributed by atoms with Gasteiger partial charge in [0.1, 0.15) is 0 Å². The highest BCUT2D eigenvalue weighted by molar-refractivity contribution is 8.18. The van der Waals surface area contributed by atoms with Crippen LogP contribution in [0.5, 0.6) is 0 Å². The van der Waals surface area contributed by atoms with Crippen LogP contribution in [0.4, 0.5) is 0 Å². The molecule has 0 unspecified atom stereocenters. The lowest BCUT2D eigenvalue weighted by molar-refractivity contribution is -0.122. The van der Waals surface area contributed by atoms with Gasteiger partial charge in [-0.3, -0.25) is 14.7 Å². The molecule has 1 amide bonds. The third kappa shape index (κ3) is 4.78. The first kappa shape index (κ1) is 19.4. The van der Waals surface area contributed by atoms with Gasteiger partial charge in [0, 0.05) is 28.7 Å². The van der Waals surface area contributed by atoms with E-state index in [2.05, 4.69) is 18.8 Å². The molecular formula is C18H22Cl2N2OS. The summed E-state index contributed by atoms with van der Waals surface area (Å²) >= 11 is 13.9. The first-order chi connectivity index (χ1) is 11.6. The fourth-order valence-corrected chi connectivity index (χ4v) is 3.77. The van der Waals surface area contributed by atoms with E-state index in [9.17, 15) is 4.79 Å². The molecule has 0 spiro atoms. The molecule has 0 aromatic heterocycles. The summed E-state index contributed by atoms with van der Waals surface area (Å²) in [7, 11) is 0. The fraction of sp³-hybridized carbons (Fsp3) is 0.444. The number of nitrogens with zero attached hydrogens (tertiary/aromatic N) is 2. The van der Waals surface area contributed by atoms with E-state index in [4.69, 9.17) is 23.2 Å². The zero-order valence-electron chi connectivity index (χ0n) is 14.0. The predicted octanol–water partition coefficient (Wildman–Crippen LogP) is 5.87. The minimum atomic E-state index is -0.0142. The van der Waals surface area contributed by atoms with Gasteiger partial charge in [-0.15, -0.1) is 0 Å². The number of aliphatic imine (C=N–C) groups is 1. The van der Waals surface area contributed by atoms with Crippen molar-refractivity contribution in [3.8, 4) is 0 Å². The van der Waals surface area contributed by atoms with Crippen LogP contribution < -0.4 is 0 Å². The van der Waals surface area contributed by atoms with Crippen LogP contribution in [0.1, 0.15) is 45.1 Å². The summed E-state index contributed by atoms with van der Waals surface area (Å²) in [6, 6.07) is 5.34. The number of carbonyl (C=O) groups excluding carboxylic acids is 1. The number of amidine groups is 1. The average Bonchev–Trinajstić information content (AvgIpc) is 2.85. The molecule has 3 nitrogen and oxygen atoms in total. The predicted molar refractivity (Wildman–Crippen MR) is 106 cm³/mol. The van der Waals surface area contributed by atoms with E-state index in [0.717, 1.165) is 37.4 Å². The molecule has 1 fully saturated rings. The molecule has 1 heterocycles. The molecule has 1 aliphatic rings. The largest absolute Gasteiger partial charge is 0.287 e. The fourth-order valence-electron chi connectivity index (χ4n) is 2.25. The second kappa shape index (κ2) is 9.50. The highest BCUT2D eigenvalue weighted by Crippen LogP contribution is 2.35. The molecule has 24 heavy (non-hydrogen) atoms. The first-order valence-corrected chi connectivity index (χ1v) is 9.85. The van der Waals surface area contributed by atoms with Crippen molar-refractivity contribution in [1.29, 1.82) is 0 Å². The highest BCUT2D eigenvalue weighted by Gasteiger charge is 2.32. The normalized spacial score (nSPS) is 18.2. The molecule has 2 rings (SSSR count). The highest BCUT2D eigenvalue weighted by atomic mass is 35.5. The Kier molecular flexibility index (Phi) is 7.66. The Morgan fingerprint density at radius 2 is 1.83 bits per heavy atom. The van der Waals surface area contributed by atoms with Crippen LogP contribution in [0.3, 0.4) is 0 Å². The van der Waals surface area contributed by atoms with E-state index >= 15 is 0 Å². The third-order valence-electron chi connectivity index (χ3n) is 3.66. The Morgan fingerprint density at radius 1 is 1.17 bits per heavy atom. The SMILES string of the molecule is CCCCN=C1S/C(=C\c2c(Cl)cccc2Cl)C(=O)N1CCCC. The lowest BCUT2D eigenvalue weighted by Gasteiger charge is -2.14. The number of rotatable bonds is 7. The van der Waals surface area contributed by atoms with Gasteiger partial charge < -0.3 is 0 Å². The first-order valence-electron chi connectivity index (χ1n) is 8.28. The van der Waals surface area contributed by atoms with Gasteiger partial charge in [-0.1, -0.05) is 56.0 Å². The number of halogens is 2. The number of thioether (sulfide) groups is 1. The molecule has 1 aromatic carbocycles. The van der Waals surface area contributed by atoms with Gasteiger partial charge in [-0.25, -0.2) is 0 Å². The van der Waals surface area contributed by atoms with Crippen molar-refractivity contribution in [2.75, 3.05) is 13.1 Å². The van der Waals surface area contributed by atoms with E-state index in [1.807, 2.05) is 0 Å². The van der Waals surface area contributed by atoms with E-state index in [0.29, 0.717) is 27.1 Å². The monoisotopic (exact) mass is 384 g/mol. The zero-order valence-corrected chi connectivity index (χ0v) is 16.3. The number of unbranched alkanes of at least 4 members (excludes halogenated alkanes) is 2. The summed E-state index contributed by atoms with van der Waals surface area (Å²) in [6.45, 7) is 5.68. The molecule has 1 saturated heterocycles. The molecule has 0 atom stereocenters. The molecule has 1 aromatic rings. The summed E-state index contributed by atoms with van der Waals surface area (Å²) in [5.74, 6) is -0.0142. The second-order valence-electron chi connectivity index (χ2n) is 5.57. The molecule has 1 aliphatic heterocycles. The number of hydrogen-bond acceptors (Lipinski definition) is 3. The molecule has 0 N–H and O–H groups in total. The van der Waals surface area contributed by atoms with Gasteiger partial charge in [0.15, 0.2) is 5.17 Å². The molecule has 0 bridgehead atoms. The topological polar surface area (TPSA) is 32.7 Å². The average molecular weight is 385 g/mol. The van der Waals surface area contributed by atoms with Crippen LogP contribution >= 0.6 is 35.0 Å². The number of amides is 1. The van der Waals surface area contributed by atoms with Crippen molar-refractivity contribution in [2.45, 2.75) is 39.5 Å². The van der Waals surface area contributed by atoms with Crippen LogP contribution in [0.2, 0.25) is 10.0 Å². The van der Waals surface area contributed by atoms with Gasteiger partial charge in [-0.2, -0.15) is 0 Å². The number of benzene rings is 1. The second-order valence-corrected chi connectivity index (χ2v) is 7.40. The van der Waals surface area contributed by atoms with E-state index in [1.54, 1.807) is 29.2 Å². The summed E-state index contributed by atoms with van der Waals surface area (Å²) < 4.78 is 0. The standard InChI is InChI=1S/C18H22Cl2N2OS/c1-3-5-10-21-18-22(11-6-4-2)17(23)16(24-18)12-13-14(19)8-7-9-15(13)20/h7-9,12H,3-6,10-11H2,1-2H3/b16-12-,21-18?. The van der Waals surface area contributed by atoms with E-state index < -0.39 is 0 Å². The van der Waals surface area contributed by atoms with Gasteiger partial charge in [0.05, 0.1) is 4.91 Å². The van der Waals surface area contributed by atoms with Crippen LogP contribution in [-0.4, -0.2) is 29.1 Å². The zero-order chi connectivity index (χ0) is 17.5. The Hall–Kier alpha value is -0.970. The number of carbonyl (C=O) groups is 1. The quantitative estimate of drug-likeness (QED) is 0.435. The maximum atomic E-state index is 12.8. The van der Waals surface area contributed by atoms with Crippen LogP contribution in [0.25, 0.3) is 6.08 Å². The van der Waals surface area contributed by atoms with Crippen molar-refractivity contribution in [1.82, 2.24) is 4.90 Å². The molecule has 130 valence electrons. The Bertz CT molecular complexity index is 638. The van der Waals surface area contributed by atoms with Gasteiger partial charge in [-0.05, 0) is 42.8 Å². The lowest BCUT2D eigenvalue weighted by Crippen LogP contribution is -2.30. The minimum absolute atomic E-state index is 0.0142. The van der Waals surface area contributed by atoms with Gasteiger partial charge in [0.25, 0.3) is 5.91 Å². The van der Waals surface area contributed by atoms with Crippen molar-refractivity contribution >= 4 is 52.1 Å². The van der Waals surface area contributed by atoms with Gasteiger partial charge in [0.2, 0.25) is 0 Å². The lowest BCUT2D eigenvalue weighted by atomic mass is 10.2. The molecule has 0 saturated carbocycles. The molecular weight excluding hydrogens is 363 g/mol. The van der Waals surface area contributed by atoms with Crippen molar-refractivity contribution in [3.63, 3.8) is 0 Å². The Balaban J connectivity index is 2.30. The summed E-state index contributed by atoms with van der Waals surface area (Å²) in [5, 5.41) is 1.87. The molecule has 6 heteroatoms. The summed E-state index contributed by atoms with van der Waals surface area (Å²) in [6.07, 6.45) is 5.88. The maximum absolute atomic E-state index is 12.8. The van der Waals surface area contributed by atoms with E-state index in [-0.39, 0.29) is 5.91 Å². The van der Waals surface area contributed by atoms with Crippen molar-refractivity contribution in [2.24, 2.45) is 4.99 Å². The van der Waals surface area contributed by atoms with E-state index in [1.165, 1.54) is 11.8 Å². The van der Waals surface area contributed by atoms with Crippen molar-refractivity contribution in [3.05, 3.63) is 38.7 Å². The third-order valence-corrected chi connectivity index (χ3v) is 5.36. The molecule has 0 aliphatic carbocycles. The van der Waals surface area contributed by atoms with Crippen LogP contribution in [-0.2, 0) is 4.79 Å². The maximum Gasteiger partial charge on any atom is 0.266 e. The number of hydrogen-bond donors (Lipinski definition) is 0. The Morgan fingerprint density at radius 3 is 2.46 bits per heavy atom. The summed E-state index contributed by atoms with van der Waals surface area (Å²) in [4.78, 5) is 19.8. The minimum Gasteiger partial charge on any atom is -0.287 e.